The van der Waals surface area contributed by atoms with Crippen molar-refractivity contribution in [2.75, 3.05) is 39.6 Å². The lowest BCUT2D eigenvalue weighted by molar-refractivity contribution is -0.921. The number of carbonyl (C=O) groups is 1. The molecule has 0 amide bonds. The van der Waals surface area contributed by atoms with Gasteiger partial charge in [0.2, 0.25) is 0 Å². The van der Waals surface area contributed by atoms with Crippen LogP contribution in [0, 0.1) is 0 Å². The van der Waals surface area contributed by atoms with Gasteiger partial charge in [-0.05, 0) is 34.6 Å². The lowest BCUT2D eigenvalue weighted by Gasteiger charge is -2.34. The lowest BCUT2D eigenvalue weighted by Crippen LogP contribution is -2.47. The van der Waals surface area contributed by atoms with Crippen molar-refractivity contribution in [1.29, 1.82) is 0 Å². The van der Waals surface area contributed by atoms with Gasteiger partial charge in [0, 0.05) is 6.61 Å². The summed E-state index contributed by atoms with van der Waals surface area (Å²) in [5.41, 5.74) is 0. The van der Waals surface area contributed by atoms with Gasteiger partial charge < -0.3 is 23.9 Å². The third-order valence-corrected chi connectivity index (χ3v) is 3.15. The molecule has 0 spiro atoms. The van der Waals surface area contributed by atoms with Crippen molar-refractivity contribution in [2.45, 2.75) is 34.6 Å². The Morgan fingerprint density at radius 3 is 1.59 bits per heavy atom. The van der Waals surface area contributed by atoms with Gasteiger partial charge in [0.1, 0.15) is 6.79 Å². The zero-order valence-electron chi connectivity index (χ0n) is 11.8. The van der Waals surface area contributed by atoms with Crippen LogP contribution in [0.3, 0.4) is 0 Å². The van der Waals surface area contributed by atoms with Gasteiger partial charge in [-0.1, -0.05) is 0 Å². The molecule has 17 heavy (non-hydrogen) atoms. The molecule has 0 bridgehead atoms. The topological polar surface area (TPSA) is 58.6 Å². The molecule has 0 aromatic carbocycles. The first kappa shape index (κ1) is 18.6. The molecule has 0 aromatic rings. The summed E-state index contributed by atoms with van der Waals surface area (Å²) in [6.07, 6.45) is -1.56. The number of nitrogens with zero attached hydrogens (tertiary/aromatic N) is 1. The Morgan fingerprint density at radius 2 is 1.41 bits per heavy atom. The van der Waals surface area contributed by atoms with E-state index >= 15 is 0 Å². The molecule has 5 nitrogen and oxygen atoms in total. The first-order valence-electron chi connectivity index (χ1n) is 6.28. The summed E-state index contributed by atoms with van der Waals surface area (Å²) in [4.78, 5) is 9.46. The van der Waals surface area contributed by atoms with Crippen molar-refractivity contribution in [1.82, 2.24) is 0 Å². The summed E-state index contributed by atoms with van der Waals surface area (Å²) in [5, 5.41) is 9.46. The SMILES string of the molecule is CCOCOC(=O)[O-].CC[N+](CC)(CC)CC. The van der Waals surface area contributed by atoms with E-state index in [9.17, 15) is 9.90 Å². The van der Waals surface area contributed by atoms with Gasteiger partial charge in [-0.3, -0.25) is 0 Å². The molecule has 0 N–H and O–H groups in total. The van der Waals surface area contributed by atoms with Gasteiger partial charge in [0.15, 0.2) is 0 Å². The predicted molar refractivity (Wildman–Crippen MR) is 65.4 cm³/mol. The molecule has 0 aliphatic rings. The minimum atomic E-state index is -1.56. The number of carboxylic acid groups (broad SMARTS) is 1. The predicted octanol–water partition coefficient (Wildman–Crippen LogP) is 1.22. The summed E-state index contributed by atoms with van der Waals surface area (Å²) in [6, 6.07) is 0. The van der Waals surface area contributed by atoms with E-state index in [2.05, 4.69) is 37.2 Å². The highest BCUT2D eigenvalue weighted by Gasteiger charge is 2.16. The maximum Gasteiger partial charge on any atom is 0.253 e. The summed E-state index contributed by atoms with van der Waals surface area (Å²) in [7, 11) is 0. The van der Waals surface area contributed by atoms with Crippen LogP contribution in [-0.4, -0.2) is 50.2 Å². The van der Waals surface area contributed by atoms with Crippen molar-refractivity contribution in [3.8, 4) is 0 Å². The Kier molecular flexibility index (Phi) is 12.7. The van der Waals surface area contributed by atoms with Crippen LogP contribution in [0.5, 0.6) is 0 Å². The zero-order valence-corrected chi connectivity index (χ0v) is 11.8. The molecule has 0 heterocycles. The van der Waals surface area contributed by atoms with Crippen molar-refractivity contribution in [3.63, 3.8) is 0 Å². The second kappa shape index (κ2) is 11.7. The summed E-state index contributed by atoms with van der Waals surface area (Å²) in [5.74, 6) is 0. The second-order valence-electron chi connectivity index (χ2n) is 3.61. The average Bonchev–Trinajstić information content (AvgIpc) is 2.34. The van der Waals surface area contributed by atoms with E-state index in [4.69, 9.17) is 0 Å². The molecule has 0 saturated carbocycles. The van der Waals surface area contributed by atoms with E-state index in [-0.39, 0.29) is 6.79 Å². The average molecular weight is 249 g/mol. The van der Waals surface area contributed by atoms with Crippen LogP contribution >= 0.6 is 0 Å². The summed E-state index contributed by atoms with van der Waals surface area (Å²) >= 11 is 0. The fraction of sp³-hybridized carbons (Fsp3) is 0.917. The molecule has 0 rings (SSSR count). The largest absolute Gasteiger partial charge is 0.524 e. The Morgan fingerprint density at radius 1 is 1.00 bits per heavy atom. The van der Waals surface area contributed by atoms with Gasteiger partial charge in [-0.25, -0.2) is 0 Å². The van der Waals surface area contributed by atoms with Gasteiger partial charge in [0.05, 0.1) is 26.2 Å². The van der Waals surface area contributed by atoms with Crippen molar-refractivity contribution in [2.24, 2.45) is 0 Å². The first-order valence-corrected chi connectivity index (χ1v) is 6.28. The number of quaternary nitrogens is 1. The standard InChI is InChI=1S/C8H20N.C4H8O4/c1-5-9(6-2,7-3)8-4;1-2-7-3-8-4(5)6/h5-8H2,1-4H3;2-3H2,1H3,(H,5,6)/q+1;/p-1. The van der Waals surface area contributed by atoms with Crippen LogP contribution in [0.25, 0.3) is 0 Å². The molecular formula is C12H27NO4. The molecule has 0 saturated heterocycles. The maximum atomic E-state index is 9.46. The molecular weight excluding hydrogens is 222 g/mol. The fourth-order valence-electron chi connectivity index (χ4n) is 1.51. The number of hydrogen-bond acceptors (Lipinski definition) is 4. The van der Waals surface area contributed by atoms with E-state index in [1.165, 1.54) is 30.7 Å². The Labute approximate surface area is 105 Å². The van der Waals surface area contributed by atoms with E-state index < -0.39 is 6.16 Å². The van der Waals surface area contributed by atoms with E-state index in [1.807, 2.05) is 0 Å². The molecule has 0 aliphatic heterocycles. The number of ether oxygens (including phenoxy) is 2. The molecule has 0 unspecified atom stereocenters. The van der Waals surface area contributed by atoms with Crippen molar-refractivity contribution in [3.05, 3.63) is 0 Å². The number of hydrogen-bond donors (Lipinski definition) is 0. The lowest BCUT2D eigenvalue weighted by atomic mass is 10.3. The molecule has 0 atom stereocenters. The van der Waals surface area contributed by atoms with Gasteiger partial charge in [-0.2, -0.15) is 0 Å². The molecule has 0 aliphatic carbocycles. The van der Waals surface area contributed by atoms with E-state index in [0.29, 0.717) is 6.61 Å². The minimum Gasteiger partial charge on any atom is -0.524 e. The molecule has 104 valence electrons. The fourth-order valence-corrected chi connectivity index (χ4v) is 1.51. The Balaban J connectivity index is 0. The van der Waals surface area contributed by atoms with Crippen LogP contribution in [0.2, 0.25) is 0 Å². The van der Waals surface area contributed by atoms with Crippen LogP contribution in [0.1, 0.15) is 34.6 Å². The normalized spacial score (nSPS) is 10.4. The quantitative estimate of drug-likeness (QED) is 0.295. The third-order valence-electron chi connectivity index (χ3n) is 3.15. The monoisotopic (exact) mass is 249 g/mol. The van der Waals surface area contributed by atoms with E-state index in [0.717, 1.165) is 0 Å². The highest BCUT2D eigenvalue weighted by molar-refractivity contribution is 5.53. The van der Waals surface area contributed by atoms with Crippen LogP contribution in [-0.2, 0) is 9.47 Å². The van der Waals surface area contributed by atoms with Crippen molar-refractivity contribution < 1.29 is 23.9 Å². The van der Waals surface area contributed by atoms with Crippen LogP contribution in [0.15, 0.2) is 0 Å². The minimum absolute atomic E-state index is 0.237. The van der Waals surface area contributed by atoms with Gasteiger partial charge >= 0.3 is 0 Å². The van der Waals surface area contributed by atoms with Crippen LogP contribution in [0.4, 0.5) is 4.79 Å². The molecule has 0 aromatic heterocycles. The van der Waals surface area contributed by atoms with Gasteiger partial charge in [-0.15, -0.1) is 0 Å². The second-order valence-corrected chi connectivity index (χ2v) is 3.61. The maximum absolute atomic E-state index is 9.46. The Hall–Kier alpha value is -0.810. The van der Waals surface area contributed by atoms with Crippen LogP contribution < -0.4 is 5.11 Å². The molecule has 0 fully saturated rings. The molecule has 5 heteroatoms. The van der Waals surface area contributed by atoms with Gasteiger partial charge in [0.25, 0.3) is 6.16 Å². The first-order chi connectivity index (χ1) is 8.01. The highest BCUT2D eigenvalue weighted by Crippen LogP contribution is 2.03. The van der Waals surface area contributed by atoms with Crippen molar-refractivity contribution >= 4 is 6.16 Å². The van der Waals surface area contributed by atoms with E-state index in [1.54, 1.807) is 6.92 Å². The smallest absolute Gasteiger partial charge is 0.253 e. The Bertz CT molecular complexity index is 164. The summed E-state index contributed by atoms with van der Waals surface area (Å²) < 4.78 is 9.64. The molecule has 0 radical (unpaired) electrons. The number of rotatable bonds is 7. The number of carbonyl (C=O) groups excluding carboxylic acids is 1. The third kappa shape index (κ3) is 10.1. The highest BCUT2D eigenvalue weighted by atomic mass is 16.7. The zero-order chi connectivity index (χ0) is 13.7. The summed E-state index contributed by atoms with van der Waals surface area (Å²) in [6.45, 7) is 16.2.